The quantitative estimate of drug-likeness (QED) is 0.403. The molecule has 1 aliphatic carbocycles. The highest BCUT2D eigenvalue weighted by molar-refractivity contribution is 5.77. The zero-order valence-corrected chi connectivity index (χ0v) is 15.7. The van der Waals surface area contributed by atoms with Crippen molar-refractivity contribution in [2.75, 3.05) is 25.1 Å². The Morgan fingerprint density at radius 3 is 2.36 bits per heavy atom. The largest absolute Gasteiger partial charge is 0.469 e. The summed E-state index contributed by atoms with van der Waals surface area (Å²) in [7, 11) is 1.37. The maximum Gasteiger partial charge on any atom is 0.309 e. The van der Waals surface area contributed by atoms with Crippen molar-refractivity contribution in [2.45, 2.75) is 40.0 Å². The minimum Gasteiger partial charge on any atom is -0.469 e. The molecule has 1 aromatic carbocycles. The van der Waals surface area contributed by atoms with E-state index in [9.17, 15) is 14.9 Å². The van der Waals surface area contributed by atoms with Gasteiger partial charge in [0.15, 0.2) is 0 Å². The van der Waals surface area contributed by atoms with Gasteiger partial charge in [-0.05, 0) is 35.8 Å². The smallest absolute Gasteiger partial charge is 0.309 e. The summed E-state index contributed by atoms with van der Waals surface area (Å²) >= 11 is 0. The van der Waals surface area contributed by atoms with Gasteiger partial charge in [-0.25, -0.2) is 0 Å². The number of hydrogen-bond acceptors (Lipinski definition) is 5. The molecule has 2 atom stereocenters. The third-order valence-corrected chi connectivity index (χ3v) is 4.43. The molecule has 0 aliphatic heterocycles. The van der Waals surface area contributed by atoms with Crippen molar-refractivity contribution < 1.29 is 14.5 Å². The van der Waals surface area contributed by atoms with Crippen molar-refractivity contribution in [3.8, 4) is 0 Å². The average Bonchev–Trinajstić information content (AvgIpc) is 3.32. The molecule has 0 saturated heterocycles. The Hall–Kier alpha value is -2.11. The molecule has 0 radical (unpaired) electrons. The first-order chi connectivity index (χ1) is 11.7. The summed E-state index contributed by atoms with van der Waals surface area (Å²) in [5, 5.41) is 11.7. The molecule has 0 amide bonds. The lowest BCUT2D eigenvalue weighted by molar-refractivity contribution is -0.384. The van der Waals surface area contributed by atoms with Crippen molar-refractivity contribution in [3.63, 3.8) is 0 Å². The normalized spacial score (nSPS) is 19.2. The molecule has 25 heavy (non-hydrogen) atoms. The van der Waals surface area contributed by atoms with Gasteiger partial charge >= 0.3 is 5.97 Å². The number of methoxy groups -OCH3 is 1. The third kappa shape index (κ3) is 4.71. The molecule has 0 bridgehead atoms. The molecule has 138 valence electrons. The molecule has 6 heteroatoms. The number of nitro benzene ring substituents is 1. The number of benzene rings is 1. The van der Waals surface area contributed by atoms with Crippen LogP contribution < -0.4 is 4.90 Å². The zero-order chi connectivity index (χ0) is 18.7. The summed E-state index contributed by atoms with van der Waals surface area (Å²) in [5.74, 6) is 0.440. The predicted molar refractivity (Wildman–Crippen MR) is 97.8 cm³/mol. The molecule has 2 unspecified atom stereocenters. The Morgan fingerprint density at radius 1 is 1.28 bits per heavy atom. The Bertz CT molecular complexity index is 632. The summed E-state index contributed by atoms with van der Waals surface area (Å²) in [6.07, 6.45) is 0.699. The first kappa shape index (κ1) is 19.2. The van der Waals surface area contributed by atoms with Crippen LogP contribution in [0.15, 0.2) is 18.2 Å². The van der Waals surface area contributed by atoms with E-state index in [4.69, 9.17) is 4.74 Å². The van der Waals surface area contributed by atoms with E-state index in [1.807, 2.05) is 12.1 Å². The van der Waals surface area contributed by atoms with Crippen LogP contribution in [0.3, 0.4) is 0 Å². The Morgan fingerprint density at radius 2 is 1.88 bits per heavy atom. The standard InChI is InChI=1S/C19H28N2O4/c1-12(2)10-20(11-13(3)4)17-7-6-14(8-18(17)21(23)24)15-9-16(15)19(22)25-5/h6-8,12-13,15-16H,9-11H2,1-5H3. The number of ether oxygens (including phenoxy) is 1. The number of hydrogen-bond donors (Lipinski definition) is 0. The SMILES string of the molecule is COC(=O)C1CC1c1ccc(N(CC(C)C)CC(C)C)c([N+](=O)[O-])c1. The lowest BCUT2D eigenvalue weighted by atomic mass is 10.0. The molecule has 0 aromatic heterocycles. The number of nitro groups is 1. The van der Waals surface area contributed by atoms with Crippen LogP contribution in [0.2, 0.25) is 0 Å². The van der Waals surface area contributed by atoms with Gasteiger partial charge in [0.1, 0.15) is 5.69 Å². The van der Waals surface area contributed by atoms with Gasteiger partial charge in [-0.2, -0.15) is 0 Å². The number of carbonyl (C=O) groups is 1. The fourth-order valence-electron chi connectivity index (χ4n) is 3.31. The van der Waals surface area contributed by atoms with Crippen molar-refractivity contribution in [3.05, 3.63) is 33.9 Å². The van der Waals surface area contributed by atoms with Crippen LogP contribution in [0.5, 0.6) is 0 Å². The van der Waals surface area contributed by atoms with Crippen molar-refractivity contribution in [1.82, 2.24) is 0 Å². The highest BCUT2D eigenvalue weighted by Crippen LogP contribution is 2.49. The van der Waals surface area contributed by atoms with Gasteiger partial charge in [0.25, 0.3) is 5.69 Å². The van der Waals surface area contributed by atoms with E-state index < -0.39 is 0 Å². The van der Waals surface area contributed by atoms with Crippen molar-refractivity contribution in [1.29, 1.82) is 0 Å². The van der Waals surface area contributed by atoms with E-state index in [0.29, 0.717) is 23.9 Å². The van der Waals surface area contributed by atoms with Gasteiger partial charge < -0.3 is 9.64 Å². The van der Waals surface area contributed by atoms with E-state index in [0.717, 1.165) is 18.7 Å². The predicted octanol–water partition coefficient (Wildman–Crippen LogP) is 3.99. The second kappa shape index (κ2) is 7.85. The highest BCUT2D eigenvalue weighted by Gasteiger charge is 2.45. The average molecular weight is 348 g/mol. The lowest BCUT2D eigenvalue weighted by Crippen LogP contribution is -2.31. The fraction of sp³-hybridized carbons (Fsp3) is 0.632. The summed E-state index contributed by atoms with van der Waals surface area (Å²) in [5.41, 5.74) is 1.63. The van der Waals surface area contributed by atoms with E-state index >= 15 is 0 Å². The number of esters is 1. The third-order valence-electron chi connectivity index (χ3n) is 4.43. The monoisotopic (exact) mass is 348 g/mol. The maximum atomic E-state index is 11.7. The number of rotatable bonds is 8. The topological polar surface area (TPSA) is 72.7 Å². The Kier molecular flexibility index (Phi) is 6.03. The molecule has 0 heterocycles. The molecule has 6 nitrogen and oxygen atoms in total. The zero-order valence-electron chi connectivity index (χ0n) is 15.7. The molecule has 2 rings (SSSR count). The number of anilines is 1. The number of carbonyl (C=O) groups excluding carboxylic acids is 1. The molecule has 1 aliphatic rings. The molecule has 0 N–H and O–H groups in total. The fourth-order valence-corrected chi connectivity index (χ4v) is 3.31. The summed E-state index contributed by atoms with van der Waals surface area (Å²) in [6.45, 7) is 9.98. The summed E-state index contributed by atoms with van der Waals surface area (Å²) < 4.78 is 4.77. The van der Waals surface area contributed by atoms with Crippen LogP contribution in [0, 0.1) is 27.9 Å². The Labute approximate surface area is 149 Å². The van der Waals surface area contributed by atoms with E-state index in [1.165, 1.54) is 7.11 Å². The second-order valence-electron chi connectivity index (χ2n) is 7.67. The van der Waals surface area contributed by atoms with Crippen molar-refractivity contribution >= 4 is 17.3 Å². The van der Waals surface area contributed by atoms with Crippen LogP contribution in [0.1, 0.15) is 45.6 Å². The minimum atomic E-state index is -0.317. The van der Waals surface area contributed by atoms with Crippen LogP contribution in [0.25, 0.3) is 0 Å². The first-order valence-electron chi connectivity index (χ1n) is 8.85. The highest BCUT2D eigenvalue weighted by atomic mass is 16.6. The van der Waals surface area contributed by atoms with Gasteiger partial charge in [0.2, 0.25) is 0 Å². The molecule has 1 fully saturated rings. The van der Waals surface area contributed by atoms with Gasteiger partial charge in [-0.1, -0.05) is 33.8 Å². The van der Waals surface area contributed by atoms with Crippen LogP contribution >= 0.6 is 0 Å². The van der Waals surface area contributed by atoms with E-state index in [2.05, 4.69) is 32.6 Å². The maximum absolute atomic E-state index is 11.7. The molecular formula is C19H28N2O4. The van der Waals surface area contributed by atoms with Crippen LogP contribution in [-0.2, 0) is 9.53 Å². The van der Waals surface area contributed by atoms with Crippen molar-refractivity contribution in [2.24, 2.45) is 17.8 Å². The second-order valence-corrected chi connectivity index (χ2v) is 7.67. The van der Waals surface area contributed by atoms with Gasteiger partial charge in [-0.3, -0.25) is 14.9 Å². The minimum absolute atomic E-state index is 0.0313. The van der Waals surface area contributed by atoms with Crippen LogP contribution in [0.4, 0.5) is 11.4 Å². The van der Waals surface area contributed by atoms with Gasteiger partial charge in [0.05, 0.1) is 18.0 Å². The van der Waals surface area contributed by atoms with E-state index in [-0.39, 0.29) is 28.4 Å². The number of nitrogens with zero attached hydrogens (tertiary/aromatic N) is 2. The van der Waals surface area contributed by atoms with E-state index in [1.54, 1.807) is 6.07 Å². The van der Waals surface area contributed by atoms with Crippen LogP contribution in [-0.4, -0.2) is 31.1 Å². The lowest BCUT2D eigenvalue weighted by Gasteiger charge is -2.28. The molecule has 1 aromatic rings. The molecule has 0 spiro atoms. The summed E-state index contributed by atoms with van der Waals surface area (Å²) in [4.78, 5) is 25.1. The van der Waals surface area contributed by atoms with Gasteiger partial charge in [0, 0.05) is 19.2 Å². The molecule has 1 saturated carbocycles. The van der Waals surface area contributed by atoms with Gasteiger partial charge in [-0.15, -0.1) is 0 Å². The molecular weight excluding hydrogens is 320 g/mol. The summed E-state index contributed by atoms with van der Waals surface area (Å²) in [6, 6.07) is 5.39. The Balaban J connectivity index is 2.32. The first-order valence-corrected chi connectivity index (χ1v) is 8.85.